The number of anilines is 1. The van der Waals surface area contributed by atoms with Crippen molar-refractivity contribution in [1.29, 1.82) is 0 Å². The number of hydrogen-bond donors (Lipinski definition) is 1. The van der Waals surface area contributed by atoms with Crippen molar-refractivity contribution in [2.45, 2.75) is 51.5 Å². The van der Waals surface area contributed by atoms with Crippen LogP contribution in [-0.4, -0.2) is 11.0 Å². The highest BCUT2D eigenvalue weighted by atomic mass is 32.1. The van der Waals surface area contributed by atoms with Crippen LogP contribution >= 0.6 is 11.3 Å². The summed E-state index contributed by atoms with van der Waals surface area (Å²) in [6.45, 7) is 4.43. The highest BCUT2D eigenvalue weighted by molar-refractivity contribution is 7.15. The third kappa shape index (κ3) is 2.27. The first-order valence-electron chi connectivity index (χ1n) is 5.48. The average Bonchev–Trinajstić information content (AvgIpc) is 2.75. The van der Waals surface area contributed by atoms with E-state index >= 15 is 0 Å². The minimum absolute atomic E-state index is 0.603. The van der Waals surface area contributed by atoms with E-state index in [0.717, 1.165) is 5.13 Å². The van der Waals surface area contributed by atoms with E-state index in [1.54, 1.807) is 11.3 Å². The van der Waals surface area contributed by atoms with Gasteiger partial charge < -0.3 is 5.32 Å². The Bertz CT molecular complexity index is 287. The second-order valence-electron chi connectivity index (χ2n) is 4.35. The molecule has 0 saturated heterocycles. The molecule has 0 bridgehead atoms. The molecule has 0 atom stereocenters. The smallest absolute Gasteiger partial charge is 0.183 e. The predicted octanol–water partition coefficient (Wildman–Crippen LogP) is 3.62. The van der Waals surface area contributed by atoms with E-state index in [9.17, 15) is 0 Å². The van der Waals surface area contributed by atoms with Crippen LogP contribution in [0.5, 0.6) is 0 Å². The summed E-state index contributed by atoms with van der Waals surface area (Å²) in [6.07, 6.45) is 7.39. The molecule has 1 saturated carbocycles. The zero-order chi connectivity index (χ0) is 9.97. The Morgan fingerprint density at radius 2 is 2.14 bits per heavy atom. The molecular weight excluding hydrogens is 192 g/mol. The molecule has 3 heteroatoms. The largest absolute Gasteiger partial charge is 0.359 e. The SMILES string of the molecule is CC(C)c1cnc(NC2CCCC2)s1. The Morgan fingerprint density at radius 1 is 1.43 bits per heavy atom. The van der Waals surface area contributed by atoms with Crippen molar-refractivity contribution >= 4 is 16.5 Å². The Hall–Kier alpha value is -0.570. The molecule has 1 aliphatic carbocycles. The maximum atomic E-state index is 4.41. The maximum Gasteiger partial charge on any atom is 0.183 e. The molecule has 2 nitrogen and oxygen atoms in total. The fourth-order valence-electron chi connectivity index (χ4n) is 1.87. The van der Waals surface area contributed by atoms with Gasteiger partial charge >= 0.3 is 0 Å². The zero-order valence-corrected chi connectivity index (χ0v) is 9.73. The lowest BCUT2D eigenvalue weighted by molar-refractivity contribution is 0.754. The number of thiazole rings is 1. The minimum atomic E-state index is 0.603. The van der Waals surface area contributed by atoms with E-state index in [2.05, 4.69) is 24.1 Å². The van der Waals surface area contributed by atoms with Crippen LogP contribution < -0.4 is 5.32 Å². The van der Waals surface area contributed by atoms with Crippen LogP contribution in [0.15, 0.2) is 6.20 Å². The van der Waals surface area contributed by atoms with Crippen molar-refractivity contribution in [3.8, 4) is 0 Å². The number of aromatic nitrogens is 1. The Labute approximate surface area is 89.8 Å². The molecule has 14 heavy (non-hydrogen) atoms. The molecule has 0 spiro atoms. The summed E-state index contributed by atoms with van der Waals surface area (Å²) in [5.74, 6) is 0.603. The predicted molar refractivity (Wildman–Crippen MR) is 62.1 cm³/mol. The van der Waals surface area contributed by atoms with Crippen molar-refractivity contribution in [2.75, 3.05) is 5.32 Å². The molecule has 1 aromatic heterocycles. The molecule has 1 aliphatic rings. The lowest BCUT2D eigenvalue weighted by Crippen LogP contribution is -2.13. The third-order valence-corrected chi connectivity index (χ3v) is 4.00. The monoisotopic (exact) mass is 210 g/mol. The Morgan fingerprint density at radius 3 is 2.71 bits per heavy atom. The van der Waals surface area contributed by atoms with E-state index in [-0.39, 0.29) is 0 Å². The molecular formula is C11H18N2S. The summed E-state index contributed by atoms with van der Waals surface area (Å²) in [4.78, 5) is 5.79. The normalized spacial score (nSPS) is 17.9. The van der Waals surface area contributed by atoms with Crippen molar-refractivity contribution in [3.05, 3.63) is 11.1 Å². The average molecular weight is 210 g/mol. The molecule has 0 radical (unpaired) electrons. The lowest BCUT2D eigenvalue weighted by Gasteiger charge is -2.09. The van der Waals surface area contributed by atoms with Crippen LogP contribution in [0.2, 0.25) is 0 Å². The van der Waals surface area contributed by atoms with Crippen LogP contribution in [0.1, 0.15) is 50.3 Å². The number of hydrogen-bond acceptors (Lipinski definition) is 3. The first-order chi connectivity index (χ1) is 6.75. The van der Waals surface area contributed by atoms with Crippen LogP contribution in [0.3, 0.4) is 0 Å². The molecule has 1 heterocycles. The molecule has 0 aliphatic heterocycles. The molecule has 1 fully saturated rings. The van der Waals surface area contributed by atoms with Gasteiger partial charge in [-0.25, -0.2) is 4.98 Å². The highest BCUT2D eigenvalue weighted by Gasteiger charge is 2.16. The van der Waals surface area contributed by atoms with Gasteiger partial charge in [0.05, 0.1) is 0 Å². The fraction of sp³-hybridized carbons (Fsp3) is 0.727. The quantitative estimate of drug-likeness (QED) is 0.824. The van der Waals surface area contributed by atoms with E-state index in [4.69, 9.17) is 0 Å². The fourth-order valence-corrected chi connectivity index (χ4v) is 2.76. The van der Waals surface area contributed by atoms with Gasteiger partial charge in [0.15, 0.2) is 5.13 Å². The summed E-state index contributed by atoms with van der Waals surface area (Å²) in [5.41, 5.74) is 0. The van der Waals surface area contributed by atoms with Crippen molar-refractivity contribution in [3.63, 3.8) is 0 Å². The van der Waals surface area contributed by atoms with Gasteiger partial charge in [-0.2, -0.15) is 0 Å². The molecule has 78 valence electrons. The van der Waals surface area contributed by atoms with Gasteiger partial charge in [-0.15, -0.1) is 11.3 Å². The van der Waals surface area contributed by atoms with Gasteiger partial charge in [0.25, 0.3) is 0 Å². The summed E-state index contributed by atoms with van der Waals surface area (Å²) < 4.78 is 0. The zero-order valence-electron chi connectivity index (χ0n) is 8.92. The second kappa shape index (κ2) is 4.30. The van der Waals surface area contributed by atoms with E-state index in [0.29, 0.717) is 12.0 Å². The van der Waals surface area contributed by atoms with Gasteiger partial charge in [0.2, 0.25) is 0 Å². The van der Waals surface area contributed by atoms with Gasteiger partial charge in [0.1, 0.15) is 0 Å². The van der Waals surface area contributed by atoms with Crippen molar-refractivity contribution in [2.24, 2.45) is 0 Å². The number of nitrogens with one attached hydrogen (secondary N) is 1. The maximum absolute atomic E-state index is 4.41. The first kappa shape index (κ1) is 9.97. The Kier molecular flexibility index (Phi) is 3.06. The van der Waals surface area contributed by atoms with E-state index < -0.39 is 0 Å². The van der Waals surface area contributed by atoms with Gasteiger partial charge in [-0.3, -0.25) is 0 Å². The molecule has 2 rings (SSSR count). The summed E-state index contributed by atoms with van der Waals surface area (Å²) in [6, 6.07) is 0.682. The number of nitrogens with zero attached hydrogens (tertiary/aromatic N) is 1. The summed E-state index contributed by atoms with van der Waals surface area (Å²) in [5, 5.41) is 4.64. The molecule has 0 unspecified atom stereocenters. The van der Waals surface area contributed by atoms with E-state index in [1.807, 2.05) is 6.20 Å². The molecule has 0 amide bonds. The van der Waals surface area contributed by atoms with Crippen molar-refractivity contribution in [1.82, 2.24) is 4.98 Å². The van der Waals surface area contributed by atoms with Gasteiger partial charge in [-0.05, 0) is 18.8 Å². The topological polar surface area (TPSA) is 24.9 Å². The highest BCUT2D eigenvalue weighted by Crippen LogP contribution is 2.28. The summed E-state index contributed by atoms with van der Waals surface area (Å²) in [7, 11) is 0. The third-order valence-electron chi connectivity index (χ3n) is 2.78. The van der Waals surface area contributed by atoms with Crippen molar-refractivity contribution < 1.29 is 0 Å². The minimum Gasteiger partial charge on any atom is -0.359 e. The lowest BCUT2D eigenvalue weighted by atomic mass is 10.2. The van der Waals surface area contributed by atoms with Crippen LogP contribution in [0, 0.1) is 0 Å². The molecule has 1 N–H and O–H groups in total. The summed E-state index contributed by atoms with van der Waals surface area (Å²) >= 11 is 1.81. The number of rotatable bonds is 3. The van der Waals surface area contributed by atoms with Gasteiger partial charge in [-0.1, -0.05) is 26.7 Å². The van der Waals surface area contributed by atoms with E-state index in [1.165, 1.54) is 30.6 Å². The Balaban J connectivity index is 1.95. The first-order valence-corrected chi connectivity index (χ1v) is 6.29. The van der Waals surface area contributed by atoms with Crippen LogP contribution in [-0.2, 0) is 0 Å². The van der Waals surface area contributed by atoms with Crippen LogP contribution in [0.25, 0.3) is 0 Å². The second-order valence-corrected chi connectivity index (χ2v) is 5.41. The van der Waals surface area contributed by atoms with Gasteiger partial charge in [0, 0.05) is 17.1 Å². The molecule has 1 aromatic rings. The molecule has 0 aromatic carbocycles. The standard InChI is InChI=1S/C11H18N2S/c1-8(2)10-7-12-11(14-10)13-9-5-3-4-6-9/h7-9H,3-6H2,1-2H3,(H,12,13). The van der Waals surface area contributed by atoms with Crippen LogP contribution in [0.4, 0.5) is 5.13 Å².